The Morgan fingerprint density at radius 1 is 1.60 bits per heavy atom. The van der Waals surface area contributed by atoms with Gasteiger partial charge in [0.25, 0.3) is 0 Å². The minimum Gasteiger partial charge on any atom is -0.493 e. The summed E-state index contributed by atoms with van der Waals surface area (Å²) in [7, 11) is 0. The summed E-state index contributed by atoms with van der Waals surface area (Å²) in [5, 5.41) is 10.4. The molecule has 0 atom stereocenters. The van der Waals surface area contributed by atoms with Gasteiger partial charge in [-0.05, 0) is 23.3 Å². The summed E-state index contributed by atoms with van der Waals surface area (Å²) >= 11 is 0. The highest BCUT2D eigenvalue weighted by atomic mass is 16.6. The van der Waals surface area contributed by atoms with Crippen LogP contribution >= 0.6 is 0 Å². The van der Waals surface area contributed by atoms with Crippen LogP contribution in [0.25, 0.3) is 6.08 Å². The molecule has 1 aromatic rings. The average Bonchev–Trinajstić information content (AvgIpc) is 2.64. The smallest absolute Gasteiger partial charge is 0.243 e. The largest absolute Gasteiger partial charge is 0.493 e. The van der Waals surface area contributed by atoms with E-state index in [1.807, 2.05) is 18.2 Å². The zero-order valence-corrected chi connectivity index (χ0v) is 8.40. The van der Waals surface area contributed by atoms with Crippen LogP contribution in [0.1, 0.15) is 18.1 Å². The summed E-state index contributed by atoms with van der Waals surface area (Å²) in [5.41, 5.74) is 2.13. The van der Waals surface area contributed by atoms with E-state index in [1.54, 1.807) is 6.08 Å². The van der Waals surface area contributed by atoms with Crippen LogP contribution < -0.4 is 4.74 Å². The molecule has 0 fully saturated rings. The highest BCUT2D eigenvalue weighted by molar-refractivity contribution is 5.55. The van der Waals surface area contributed by atoms with Crippen molar-refractivity contribution in [2.45, 2.75) is 13.3 Å². The number of hydrogen-bond acceptors (Lipinski definition) is 3. The Labute approximate surface area is 87.3 Å². The van der Waals surface area contributed by atoms with E-state index in [1.165, 1.54) is 6.92 Å². The maximum Gasteiger partial charge on any atom is 0.243 e. The second kappa shape index (κ2) is 3.73. The Balaban J connectivity index is 2.31. The first-order valence-electron chi connectivity index (χ1n) is 4.75. The van der Waals surface area contributed by atoms with Crippen LogP contribution in [-0.4, -0.2) is 11.5 Å². The summed E-state index contributed by atoms with van der Waals surface area (Å²) in [4.78, 5) is 10.1. The Kier molecular flexibility index (Phi) is 2.41. The van der Waals surface area contributed by atoms with E-state index in [2.05, 4.69) is 0 Å². The van der Waals surface area contributed by atoms with Crippen molar-refractivity contribution in [3.8, 4) is 5.75 Å². The minimum absolute atomic E-state index is 0.147. The zero-order chi connectivity index (χ0) is 10.8. The lowest BCUT2D eigenvalue weighted by molar-refractivity contribution is -0.422. The van der Waals surface area contributed by atoms with Crippen molar-refractivity contribution in [3.05, 3.63) is 45.1 Å². The Morgan fingerprint density at radius 3 is 3.13 bits per heavy atom. The molecule has 0 spiro atoms. The first-order chi connectivity index (χ1) is 7.16. The van der Waals surface area contributed by atoms with Gasteiger partial charge in [-0.1, -0.05) is 6.07 Å². The van der Waals surface area contributed by atoms with E-state index in [9.17, 15) is 10.1 Å². The number of nitrogens with zero attached hydrogens (tertiary/aromatic N) is 1. The molecular formula is C11H11NO3. The summed E-state index contributed by atoms with van der Waals surface area (Å²) < 4.78 is 5.35. The number of hydrogen-bond donors (Lipinski definition) is 0. The number of allylic oxidation sites excluding steroid dienone is 1. The van der Waals surface area contributed by atoms with Crippen LogP contribution in [0.15, 0.2) is 23.9 Å². The van der Waals surface area contributed by atoms with Gasteiger partial charge in [-0.2, -0.15) is 0 Å². The highest BCUT2D eigenvalue weighted by Crippen LogP contribution is 2.26. The van der Waals surface area contributed by atoms with Gasteiger partial charge < -0.3 is 4.74 Å². The molecule has 78 valence electrons. The molecule has 0 bridgehead atoms. The topological polar surface area (TPSA) is 52.4 Å². The van der Waals surface area contributed by atoms with Crippen LogP contribution in [-0.2, 0) is 6.42 Å². The van der Waals surface area contributed by atoms with Gasteiger partial charge in [0.15, 0.2) is 0 Å². The predicted octanol–water partition coefficient (Wildman–Crippen LogP) is 2.26. The first kappa shape index (κ1) is 9.71. The van der Waals surface area contributed by atoms with Gasteiger partial charge in [0.05, 0.1) is 11.5 Å². The SMILES string of the molecule is CC(=Cc1ccc2c(c1)CCO2)[N+](=O)[O-]. The van der Waals surface area contributed by atoms with Crippen molar-refractivity contribution in [1.29, 1.82) is 0 Å². The van der Waals surface area contributed by atoms with Crippen LogP contribution in [0.4, 0.5) is 0 Å². The van der Waals surface area contributed by atoms with Crippen molar-refractivity contribution in [1.82, 2.24) is 0 Å². The molecule has 0 N–H and O–H groups in total. The Morgan fingerprint density at radius 2 is 2.40 bits per heavy atom. The summed E-state index contributed by atoms with van der Waals surface area (Å²) in [6.07, 6.45) is 2.45. The third kappa shape index (κ3) is 1.98. The molecule has 15 heavy (non-hydrogen) atoms. The fraction of sp³-hybridized carbons (Fsp3) is 0.273. The maximum absolute atomic E-state index is 10.4. The standard InChI is InChI=1S/C11H11NO3/c1-8(12(13)14)6-9-2-3-11-10(7-9)4-5-15-11/h2-3,6-7H,4-5H2,1H3. The van der Waals surface area contributed by atoms with Crippen molar-refractivity contribution in [2.24, 2.45) is 0 Å². The second-order valence-corrected chi connectivity index (χ2v) is 3.51. The monoisotopic (exact) mass is 205 g/mol. The van der Waals surface area contributed by atoms with E-state index in [0.29, 0.717) is 6.61 Å². The second-order valence-electron chi connectivity index (χ2n) is 3.51. The lowest BCUT2D eigenvalue weighted by Crippen LogP contribution is -1.93. The van der Waals surface area contributed by atoms with Crippen molar-refractivity contribution < 1.29 is 9.66 Å². The van der Waals surface area contributed by atoms with Gasteiger partial charge >= 0.3 is 0 Å². The van der Waals surface area contributed by atoms with E-state index < -0.39 is 0 Å². The molecule has 0 saturated carbocycles. The molecule has 4 heteroatoms. The lowest BCUT2D eigenvalue weighted by atomic mass is 10.1. The summed E-state index contributed by atoms with van der Waals surface area (Å²) in [6.45, 7) is 2.19. The molecule has 0 aromatic heterocycles. The lowest BCUT2D eigenvalue weighted by Gasteiger charge is -1.99. The molecule has 0 radical (unpaired) electrons. The number of benzene rings is 1. The maximum atomic E-state index is 10.4. The number of ether oxygens (including phenoxy) is 1. The van der Waals surface area contributed by atoms with Crippen LogP contribution in [0.5, 0.6) is 5.75 Å². The van der Waals surface area contributed by atoms with Gasteiger partial charge in [-0.15, -0.1) is 0 Å². The van der Waals surface area contributed by atoms with E-state index in [-0.39, 0.29) is 10.6 Å². The molecule has 1 aliphatic heterocycles. The molecular weight excluding hydrogens is 194 g/mol. The zero-order valence-electron chi connectivity index (χ0n) is 8.40. The van der Waals surface area contributed by atoms with Gasteiger partial charge in [0.2, 0.25) is 5.70 Å². The van der Waals surface area contributed by atoms with Crippen molar-refractivity contribution in [3.63, 3.8) is 0 Å². The molecule has 1 aliphatic rings. The molecule has 4 nitrogen and oxygen atoms in total. The van der Waals surface area contributed by atoms with E-state index in [4.69, 9.17) is 4.74 Å². The molecule has 0 aliphatic carbocycles. The Hall–Kier alpha value is -1.84. The van der Waals surface area contributed by atoms with Gasteiger partial charge in [0, 0.05) is 19.4 Å². The minimum atomic E-state index is -0.385. The predicted molar refractivity (Wildman–Crippen MR) is 56.3 cm³/mol. The summed E-state index contributed by atoms with van der Waals surface area (Å²) in [6, 6.07) is 5.63. The summed E-state index contributed by atoms with van der Waals surface area (Å²) in [5.74, 6) is 0.894. The molecule has 0 saturated heterocycles. The van der Waals surface area contributed by atoms with Crippen LogP contribution in [0.3, 0.4) is 0 Å². The normalized spacial score (nSPS) is 14.6. The Bertz CT molecular complexity index is 437. The van der Waals surface area contributed by atoms with Crippen LogP contribution in [0.2, 0.25) is 0 Å². The molecule has 1 heterocycles. The molecule has 0 unspecified atom stereocenters. The third-order valence-corrected chi connectivity index (χ3v) is 2.38. The van der Waals surface area contributed by atoms with E-state index >= 15 is 0 Å². The molecule has 0 amide bonds. The van der Waals surface area contributed by atoms with Crippen molar-refractivity contribution in [2.75, 3.05) is 6.61 Å². The molecule has 1 aromatic carbocycles. The van der Waals surface area contributed by atoms with Gasteiger partial charge in [-0.3, -0.25) is 10.1 Å². The van der Waals surface area contributed by atoms with Gasteiger partial charge in [-0.25, -0.2) is 0 Å². The fourth-order valence-corrected chi connectivity index (χ4v) is 1.59. The third-order valence-electron chi connectivity index (χ3n) is 2.38. The van der Waals surface area contributed by atoms with Gasteiger partial charge in [0.1, 0.15) is 5.75 Å². The number of rotatable bonds is 2. The van der Waals surface area contributed by atoms with Crippen LogP contribution in [0, 0.1) is 10.1 Å². The average molecular weight is 205 g/mol. The molecule has 2 rings (SSSR count). The fourth-order valence-electron chi connectivity index (χ4n) is 1.59. The number of nitro groups is 1. The van der Waals surface area contributed by atoms with Crippen molar-refractivity contribution >= 4 is 6.08 Å². The quantitative estimate of drug-likeness (QED) is 0.549. The first-order valence-corrected chi connectivity index (χ1v) is 4.75. The van der Waals surface area contributed by atoms with E-state index in [0.717, 1.165) is 23.3 Å². The highest BCUT2D eigenvalue weighted by Gasteiger charge is 2.12. The number of fused-ring (bicyclic) bond motifs is 1.